The number of carbonyl (C=O) groups is 1. The second-order valence-electron chi connectivity index (χ2n) is 9.92. The van der Waals surface area contributed by atoms with Gasteiger partial charge in [0.05, 0.1) is 11.1 Å². The number of anilines is 1. The molecule has 4 aromatic carbocycles. The van der Waals surface area contributed by atoms with Gasteiger partial charge in [-0.25, -0.2) is 4.98 Å². The van der Waals surface area contributed by atoms with Gasteiger partial charge in [0.15, 0.2) is 5.13 Å². The minimum absolute atomic E-state index is 0.0415. The average molecular weight is 473 g/mol. The topological polar surface area (TPSA) is 42.0 Å². The van der Waals surface area contributed by atoms with E-state index in [2.05, 4.69) is 91.1 Å². The molecule has 1 amide bonds. The van der Waals surface area contributed by atoms with Gasteiger partial charge in [-0.1, -0.05) is 84.9 Å². The van der Waals surface area contributed by atoms with E-state index in [0.29, 0.717) is 5.13 Å². The van der Waals surface area contributed by atoms with Crippen LogP contribution in [0.3, 0.4) is 0 Å². The normalized spacial score (nSPS) is 22.0. The summed E-state index contributed by atoms with van der Waals surface area (Å²) in [5.41, 5.74) is 6.73. The third kappa shape index (κ3) is 3.10. The molecule has 1 N–H and O–H groups in total. The summed E-state index contributed by atoms with van der Waals surface area (Å²) in [6.45, 7) is 2.13. The maximum atomic E-state index is 13.9. The molecule has 35 heavy (non-hydrogen) atoms. The molecule has 3 aliphatic rings. The number of amides is 1. The Labute approximate surface area is 208 Å². The van der Waals surface area contributed by atoms with E-state index in [0.717, 1.165) is 17.7 Å². The summed E-state index contributed by atoms with van der Waals surface area (Å²) >= 11 is 1.49. The molecule has 0 radical (unpaired) electrons. The molecule has 170 valence electrons. The largest absolute Gasteiger partial charge is 0.301 e. The lowest BCUT2D eigenvalue weighted by Crippen LogP contribution is -2.47. The highest BCUT2D eigenvalue weighted by molar-refractivity contribution is 7.14. The number of hydrogen-bond donors (Lipinski definition) is 1. The van der Waals surface area contributed by atoms with Gasteiger partial charge in [0.25, 0.3) is 0 Å². The number of carbonyl (C=O) groups excluding carboxylic acids is 1. The summed E-state index contributed by atoms with van der Waals surface area (Å²) < 4.78 is 0. The zero-order chi connectivity index (χ0) is 23.6. The van der Waals surface area contributed by atoms with Crippen LogP contribution >= 0.6 is 11.3 Å². The van der Waals surface area contributed by atoms with E-state index in [1.54, 1.807) is 0 Å². The Morgan fingerprint density at radius 2 is 1.49 bits per heavy atom. The standard InChI is InChI=1S/C31H24N2OS/c1-31(17-26-22-10-4-6-12-24(22)28(31)25-13-7-5-11-23(25)26)29(34)33-30-32-27(18-35-30)21-15-14-19-8-2-3-9-20(19)16-21/h2-16,18,26,28H,17H2,1H3,(H,32,33,34). The summed E-state index contributed by atoms with van der Waals surface area (Å²) in [5.74, 6) is 0.336. The van der Waals surface area contributed by atoms with Crippen molar-refractivity contribution < 1.29 is 4.79 Å². The van der Waals surface area contributed by atoms with Gasteiger partial charge in [0, 0.05) is 22.8 Å². The summed E-state index contributed by atoms with van der Waals surface area (Å²) in [4.78, 5) is 18.7. The zero-order valence-electron chi connectivity index (χ0n) is 19.4. The van der Waals surface area contributed by atoms with Crippen LogP contribution in [0, 0.1) is 5.41 Å². The van der Waals surface area contributed by atoms with Crippen LogP contribution in [0.25, 0.3) is 22.0 Å². The first-order chi connectivity index (χ1) is 17.1. The number of hydrogen-bond acceptors (Lipinski definition) is 3. The predicted octanol–water partition coefficient (Wildman–Crippen LogP) is 7.59. The molecule has 1 unspecified atom stereocenters. The molecule has 0 saturated carbocycles. The number of rotatable bonds is 3. The van der Waals surface area contributed by atoms with Crippen LogP contribution in [0.2, 0.25) is 0 Å². The third-order valence-corrected chi connectivity index (χ3v) is 8.68. The van der Waals surface area contributed by atoms with E-state index >= 15 is 0 Å². The molecular formula is C31H24N2OS. The summed E-state index contributed by atoms with van der Waals surface area (Å²) in [6.07, 6.45) is 0.806. The lowest BCUT2D eigenvalue weighted by atomic mass is 9.52. The van der Waals surface area contributed by atoms with E-state index in [1.807, 2.05) is 17.5 Å². The van der Waals surface area contributed by atoms with Crippen molar-refractivity contribution in [3.05, 3.63) is 119 Å². The Morgan fingerprint density at radius 3 is 2.20 bits per heavy atom. The third-order valence-electron chi connectivity index (χ3n) is 7.92. The fourth-order valence-corrected chi connectivity index (χ4v) is 6.96. The fourth-order valence-electron chi connectivity index (χ4n) is 6.24. The van der Waals surface area contributed by atoms with E-state index in [1.165, 1.54) is 44.4 Å². The summed E-state index contributed by atoms with van der Waals surface area (Å²) in [5, 5.41) is 8.27. The molecule has 1 atom stereocenters. The summed E-state index contributed by atoms with van der Waals surface area (Å²) in [7, 11) is 0. The molecule has 4 heteroatoms. The van der Waals surface area contributed by atoms with Gasteiger partial charge in [-0.2, -0.15) is 0 Å². The lowest BCUT2D eigenvalue weighted by Gasteiger charge is -2.50. The summed E-state index contributed by atoms with van der Waals surface area (Å²) in [6, 6.07) is 32.0. The maximum Gasteiger partial charge on any atom is 0.233 e. The number of nitrogens with one attached hydrogen (secondary N) is 1. The predicted molar refractivity (Wildman–Crippen MR) is 143 cm³/mol. The van der Waals surface area contributed by atoms with Crippen molar-refractivity contribution in [3.8, 4) is 11.3 Å². The molecule has 0 spiro atoms. The first-order valence-electron chi connectivity index (χ1n) is 12.1. The number of nitrogens with zero attached hydrogens (tertiary/aromatic N) is 1. The van der Waals surface area contributed by atoms with Gasteiger partial charge in [-0.15, -0.1) is 11.3 Å². The van der Waals surface area contributed by atoms with Crippen LogP contribution in [0.5, 0.6) is 0 Å². The minimum atomic E-state index is -0.540. The molecule has 3 nitrogen and oxygen atoms in total. The molecule has 5 aromatic rings. The van der Waals surface area contributed by atoms with Crippen molar-refractivity contribution in [1.82, 2.24) is 4.98 Å². The van der Waals surface area contributed by atoms with Gasteiger partial charge in [-0.3, -0.25) is 4.79 Å². The molecule has 1 heterocycles. The first-order valence-corrected chi connectivity index (χ1v) is 12.9. The van der Waals surface area contributed by atoms with Crippen LogP contribution in [-0.4, -0.2) is 10.9 Å². The highest BCUT2D eigenvalue weighted by atomic mass is 32.1. The number of thiazole rings is 1. The molecule has 3 aliphatic carbocycles. The SMILES string of the molecule is CC1(C(=O)Nc2nc(-c3ccc4ccccc4c3)cs2)CC2c3ccccc3C1c1ccccc12. The van der Waals surface area contributed by atoms with Crippen molar-refractivity contribution in [3.63, 3.8) is 0 Å². The van der Waals surface area contributed by atoms with Crippen LogP contribution in [-0.2, 0) is 4.79 Å². The zero-order valence-corrected chi connectivity index (χ0v) is 20.2. The van der Waals surface area contributed by atoms with Crippen LogP contribution < -0.4 is 5.32 Å². The number of benzene rings is 4. The Kier molecular flexibility index (Phi) is 4.49. The molecule has 0 aliphatic heterocycles. The first kappa shape index (κ1) is 20.6. The smallest absolute Gasteiger partial charge is 0.233 e. The Morgan fingerprint density at radius 1 is 0.857 bits per heavy atom. The fraction of sp³-hybridized carbons (Fsp3) is 0.161. The highest BCUT2D eigenvalue weighted by Gasteiger charge is 2.53. The van der Waals surface area contributed by atoms with Gasteiger partial charge in [-0.05, 0) is 52.4 Å². The Balaban J connectivity index is 1.22. The van der Waals surface area contributed by atoms with Crippen molar-refractivity contribution in [2.24, 2.45) is 5.41 Å². The van der Waals surface area contributed by atoms with Crippen LogP contribution in [0.1, 0.15) is 47.4 Å². The Bertz CT molecular complexity index is 1570. The quantitative estimate of drug-likeness (QED) is 0.294. The lowest BCUT2D eigenvalue weighted by molar-refractivity contribution is -0.126. The van der Waals surface area contributed by atoms with E-state index in [9.17, 15) is 4.79 Å². The average Bonchev–Trinajstić information content (AvgIpc) is 3.37. The minimum Gasteiger partial charge on any atom is -0.301 e. The van der Waals surface area contributed by atoms with Gasteiger partial charge >= 0.3 is 0 Å². The van der Waals surface area contributed by atoms with Crippen LogP contribution in [0.4, 0.5) is 5.13 Å². The van der Waals surface area contributed by atoms with Crippen molar-refractivity contribution in [2.75, 3.05) is 5.32 Å². The molecule has 1 aromatic heterocycles. The molecule has 2 bridgehead atoms. The van der Waals surface area contributed by atoms with Crippen LogP contribution in [0.15, 0.2) is 96.4 Å². The second kappa shape index (κ2) is 7.62. The van der Waals surface area contributed by atoms with Crippen molar-refractivity contribution >= 4 is 33.1 Å². The van der Waals surface area contributed by atoms with Gasteiger partial charge in [0.1, 0.15) is 0 Å². The van der Waals surface area contributed by atoms with Crippen molar-refractivity contribution in [2.45, 2.75) is 25.2 Å². The highest BCUT2D eigenvalue weighted by Crippen LogP contribution is 2.61. The molecular weight excluding hydrogens is 448 g/mol. The van der Waals surface area contributed by atoms with E-state index in [4.69, 9.17) is 4.98 Å². The monoisotopic (exact) mass is 472 g/mol. The van der Waals surface area contributed by atoms with Gasteiger partial charge in [0.2, 0.25) is 5.91 Å². The second-order valence-corrected chi connectivity index (χ2v) is 10.8. The van der Waals surface area contributed by atoms with E-state index < -0.39 is 5.41 Å². The van der Waals surface area contributed by atoms with Crippen molar-refractivity contribution in [1.29, 1.82) is 0 Å². The number of fused-ring (bicyclic) bond motifs is 2. The Hall–Kier alpha value is -3.76. The molecule has 0 saturated heterocycles. The maximum absolute atomic E-state index is 13.9. The molecule has 0 fully saturated rings. The molecule has 8 rings (SSSR count). The van der Waals surface area contributed by atoms with E-state index in [-0.39, 0.29) is 17.7 Å². The van der Waals surface area contributed by atoms with Gasteiger partial charge < -0.3 is 5.32 Å². The number of aromatic nitrogens is 1.